The molecule has 0 amide bonds. The Labute approximate surface area is 127 Å². The van der Waals surface area contributed by atoms with Crippen molar-refractivity contribution in [3.05, 3.63) is 16.2 Å². The van der Waals surface area contributed by atoms with Gasteiger partial charge in [-0.05, 0) is 19.1 Å². The number of hydrogen-bond donors (Lipinski definition) is 0. The van der Waals surface area contributed by atoms with E-state index in [1.165, 1.54) is 23.1 Å². The van der Waals surface area contributed by atoms with E-state index >= 15 is 0 Å². The molecular formula is C12H13F2N3O2S2. The van der Waals surface area contributed by atoms with Crippen molar-refractivity contribution in [3.63, 3.8) is 0 Å². The fourth-order valence-electron chi connectivity index (χ4n) is 2.42. The zero-order valence-corrected chi connectivity index (χ0v) is 12.8. The molecule has 0 aromatic carbocycles. The molecule has 0 saturated carbocycles. The molecule has 1 saturated heterocycles. The highest BCUT2D eigenvalue weighted by Crippen LogP contribution is 2.30. The average Bonchev–Trinajstić information content (AvgIpc) is 2.91. The molecule has 0 unspecified atom stereocenters. The number of thioether (sulfide) groups is 1. The molecule has 3 rings (SSSR count). The molecule has 0 atom stereocenters. The van der Waals surface area contributed by atoms with Gasteiger partial charge in [0.2, 0.25) is 0 Å². The molecule has 0 N–H and O–H groups in total. The number of aromatic nitrogens is 3. The van der Waals surface area contributed by atoms with Crippen molar-refractivity contribution in [1.29, 1.82) is 0 Å². The first-order valence-corrected chi connectivity index (χ1v) is 8.48. The van der Waals surface area contributed by atoms with Gasteiger partial charge in [0.1, 0.15) is 0 Å². The molecule has 21 heavy (non-hydrogen) atoms. The van der Waals surface area contributed by atoms with Gasteiger partial charge in [-0.3, -0.25) is 9.36 Å². The smallest absolute Gasteiger partial charge is 0.295 e. The SMILES string of the molecule is CSc1nc2c(=O)n(C3CCOCC3)c(C(F)F)nc2s1. The third-order valence-electron chi connectivity index (χ3n) is 3.40. The first-order chi connectivity index (χ1) is 10.1. The third kappa shape index (κ3) is 2.69. The van der Waals surface area contributed by atoms with E-state index in [0.29, 0.717) is 30.4 Å². The van der Waals surface area contributed by atoms with Crippen LogP contribution in [0.15, 0.2) is 9.13 Å². The Bertz CT molecular complexity index is 710. The summed E-state index contributed by atoms with van der Waals surface area (Å²) in [7, 11) is 0. The van der Waals surface area contributed by atoms with Crippen molar-refractivity contribution in [1.82, 2.24) is 14.5 Å². The van der Waals surface area contributed by atoms with Crippen LogP contribution in [-0.4, -0.2) is 34.0 Å². The third-order valence-corrected chi connectivity index (χ3v) is 5.33. The maximum atomic E-state index is 13.3. The Morgan fingerprint density at radius 3 is 2.71 bits per heavy atom. The van der Waals surface area contributed by atoms with Gasteiger partial charge in [0, 0.05) is 19.3 Å². The zero-order chi connectivity index (χ0) is 15.0. The van der Waals surface area contributed by atoms with E-state index in [4.69, 9.17) is 4.74 Å². The van der Waals surface area contributed by atoms with Crippen molar-refractivity contribution >= 4 is 33.4 Å². The van der Waals surface area contributed by atoms with Crippen LogP contribution in [0.5, 0.6) is 0 Å². The minimum absolute atomic E-state index is 0.181. The lowest BCUT2D eigenvalue weighted by Gasteiger charge is -2.25. The molecule has 0 bridgehead atoms. The van der Waals surface area contributed by atoms with Crippen LogP contribution in [0.25, 0.3) is 10.3 Å². The highest BCUT2D eigenvalue weighted by atomic mass is 32.2. The molecule has 0 aliphatic carbocycles. The minimum atomic E-state index is -2.79. The van der Waals surface area contributed by atoms with E-state index in [9.17, 15) is 13.6 Å². The molecule has 3 heterocycles. The van der Waals surface area contributed by atoms with Crippen molar-refractivity contribution in [2.24, 2.45) is 0 Å². The van der Waals surface area contributed by atoms with Crippen LogP contribution in [0.1, 0.15) is 31.1 Å². The molecule has 1 fully saturated rings. The predicted molar refractivity (Wildman–Crippen MR) is 77.5 cm³/mol. The number of fused-ring (bicyclic) bond motifs is 1. The summed E-state index contributed by atoms with van der Waals surface area (Å²) in [5.41, 5.74) is -0.293. The quantitative estimate of drug-likeness (QED) is 0.809. The van der Waals surface area contributed by atoms with Gasteiger partial charge in [0.15, 0.2) is 20.5 Å². The highest BCUT2D eigenvalue weighted by molar-refractivity contribution is 8.00. The molecule has 5 nitrogen and oxygen atoms in total. The summed E-state index contributed by atoms with van der Waals surface area (Å²) in [6.45, 7) is 0.926. The second kappa shape index (κ2) is 5.98. The Hall–Kier alpha value is -1.06. The van der Waals surface area contributed by atoms with Crippen LogP contribution in [-0.2, 0) is 4.74 Å². The topological polar surface area (TPSA) is 57.0 Å². The number of halogens is 2. The lowest BCUT2D eigenvalue weighted by atomic mass is 10.1. The summed E-state index contributed by atoms with van der Waals surface area (Å²) in [6, 6.07) is -0.299. The van der Waals surface area contributed by atoms with E-state index in [0.717, 1.165) is 4.57 Å². The van der Waals surface area contributed by atoms with Crippen LogP contribution in [0.4, 0.5) is 8.78 Å². The van der Waals surface area contributed by atoms with Gasteiger partial charge in [0.25, 0.3) is 12.0 Å². The molecule has 9 heteroatoms. The first kappa shape index (κ1) is 14.9. The van der Waals surface area contributed by atoms with Gasteiger partial charge in [-0.2, -0.15) is 0 Å². The summed E-state index contributed by atoms with van der Waals surface area (Å²) in [4.78, 5) is 21.0. The Balaban J connectivity index is 2.21. The number of hydrogen-bond acceptors (Lipinski definition) is 6. The van der Waals surface area contributed by atoms with Gasteiger partial charge in [-0.15, -0.1) is 0 Å². The van der Waals surface area contributed by atoms with Gasteiger partial charge < -0.3 is 4.74 Å². The lowest BCUT2D eigenvalue weighted by molar-refractivity contribution is 0.0611. The predicted octanol–water partition coefficient (Wildman–Crippen LogP) is 2.86. The van der Waals surface area contributed by atoms with Crippen LogP contribution in [0, 0.1) is 0 Å². The summed E-state index contributed by atoms with van der Waals surface area (Å²) < 4.78 is 33.6. The van der Waals surface area contributed by atoms with Crippen LogP contribution in [0.3, 0.4) is 0 Å². The van der Waals surface area contributed by atoms with Crippen LogP contribution >= 0.6 is 23.1 Å². The summed E-state index contributed by atoms with van der Waals surface area (Å²) >= 11 is 2.54. The standard InChI is InChI=1S/C12H13F2N3O2S2/c1-20-12-15-7-10(21-12)16-9(8(13)14)17(11(7)18)6-2-4-19-5-3-6/h6,8H,2-5H2,1H3. The average molecular weight is 333 g/mol. The molecule has 2 aromatic heterocycles. The molecule has 1 aliphatic heterocycles. The summed E-state index contributed by atoms with van der Waals surface area (Å²) in [5.74, 6) is -0.462. The summed E-state index contributed by atoms with van der Waals surface area (Å²) in [6.07, 6.45) is 0.103. The molecule has 2 aromatic rings. The number of thiazole rings is 1. The minimum Gasteiger partial charge on any atom is -0.381 e. The molecule has 114 valence electrons. The lowest BCUT2D eigenvalue weighted by Crippen LogP contribution is -2.32. The number of alkyl halides is 2. The second-order valence-corrected chi connectivity index (χ2v) is 6.66. The van der Waals surface area contributed by atoms with Crippen LogP contribution in [0.2, 0.25) is 0 Å². The largest absolute Gasteiger partial charge is 0.381 e. The normalized spacial score (nSPS) is 17.0. The molecule has 0 spiro atoms. The fraction of sp³-hybridized carbons (Fsp3) is 0.583. The van der Waals surface area contributed by atoms with Crippen LogP contribution < -0.4 is 5.56 Å². The monoisotopic (exact) mass is 333 g/mol. The summed E-state index contributed by atoms with van der Waals surface area (Å²) in [5, 5.41) is 0. The number of nitrogens with zero attached hydrogens (tertiary/aromatic N) is 3. The van der Waals surface area contributed by atoms with E-state index in [-0.39, 0.29) is 16.4 Å². The van der Waals surface area contributed by atoms with Crippen molar-refractivity contribution in [2.45, 2.75) is 29.6 Å². The van der Waals surface area contributed by atoms with Gasteiger partial charge in [-0.1, -0.05) is 23.1 Å². The fourth-order valence-corrected chi connectivity index (χ4v) is 3.85. The molecule has 1 aliphatic rings. The maximum absolute atomic E-state index is 13.3. The van der Waals surface area contributed by atoms with E-state index < -0.39 is 17.8 Å². The maximum Gasteiger partial charge on any atom is 0.295 e. The highest BCUT2D eigenvalue weighted by Gasteiger charge is 2.27. The second-order valence-electron chi connectivity index (χ2n) is 4.63. The van der Waals surface area contributed by atoms with Crippen molar-refractivity contribution in [3.8, 4) is 0 Å². The van der Waals surface area contributed by atoms with E-state index in [1.807, 2.05) is 6.26 Å². The van der Waals surface area contributed by atoms with Gasteiger partial charge in [-0.25, -0.2) is 18.7 Å². The van der Waals surface area contributed by atoms with E-state index in [1.54, 1.807) is 0 Å². The van der Waals surface area contributed by atoms with E-state index in [2.05, 4.69) is 9.97 Å². The Morgan fingerprint density at radius 1 is 1.38 bits per heavy atom. The number of rotatable bonds is 3. The molecular weight excluding hydrogens is 320 g/mol. The van der Waals surface area contributed by atoms with Gasteiger partial charge in [0.05, 0.1) is 0 Å². The van der Waals surface area contributed by atoms with Gasteiger partial charge >= 0.3 is 0 Å². The molecule has 0 radical (unpaired) electrons. The zero-order valence-electron chi connectivity index (χ0n) is 11.2. The number of ether oxygens (including phenoxy) is 1. The van der Waals surface area contributed by atoms with Crippen molar-refractivity contribution < 1.29 is 13.5 Å². The first-order valence-electron chi connectivity index (χ1n) is 6.44. The Morgan fingerprint density at radius 2 is 2.10 bits per heavy atom. The van der Waals surface area contributed by atoms with Crippen molar-refractivity contribution in [2.75, 3.05) is 19.5 Å². The Kier molecular flexibility index (Phi) is 4.23.